The highest BCUT2D eigenvalue weighted by Gasteiger charge is 2.15. The van der Waals surface area contributed by atoms with Gasteiger partial charge in [-0.25, -0.2) is 4.98 Å². The number of hydrogen-bond acceptors (Lipinski definition) is 4. The SMILES string of the molecule is CN1CCC(=N)/C(=C\Nc2ccccn2)C1. The van der Waals surface area contributed by atoms with Crippen LogP contribution in [-0.4, -0.2) is 35.7 Å². The molecule has 2 N–H and O–H groups in total. The van der Waals surface area contributed by atoms with Crippen LogP contribution in [0.15, 0.2) is 36.2 Å². The molecule has 1 aromatic rings. The fourth-order valence-corrected chi connectivity index (χ4v) is 1.67. The van der Waals surface area contributed by atoms with Gasteiger partial charge in [0.15, 0.2) is 0 Å². The Morgan fingerprint density at radius 1 is 1.50 bits per heavy atom. The number of aromatic nitrogens is 1. The number of likely N-dealkylation sites (tertiary alicyclic amines) is 1. The molecule has 1 saturated heterocycles. The van der Waals surface area contributed by atoms with Crippen molar-refractivity contribution in [2.75, 3.05) is 25.5 Å². The van der Waals surface area contributed by atoms with Crippen LogP contribution in [0.3, 0.4) is 0 Å². The van der Waals surface area contributed by atoms with Crippen LogP contribution >= 0.6 is 0 Å². The summed E-state index contributed by atoms with van der Waals surface area (Å²) in [6.45, 7) is 1.80. The molecular formula is C12H16N4. The summed E-state index contributed by atoms with van der Waals surface area (Å²) in [5.74, 6) is 0.816. The average Bonchev–Trinajstić information content (AvgIpc) is 2.32. The van der Waals surface area contributed by atoms with Gasteiger partial charge < -0.3 is 15.6 Å². The largest absolute Gasteiger partial charge is 0.346 e. The van der Waals surface area contributed by atoms with E-state index in [0.29, 0.717) is 0 Å². The smallest absolute Gasteiger partial charge is 0.129 e. The lowest BCUT2D eigenvalue weighted by Gasteiger charge is -2.25. The molecule has 0 aliphatic carbocycles. The highest BCUT2D eigenvalue weighted by Crippen LogP contribution is 2.11. The highest BCUT2D eigenvalue weighted by molar-refractivity contribution is 5.99. The van der Waals surface area contributed by atoms with Gasteiger partial charge in [0.1, 0.15) is 5.82 Å². The maximum Gasteiger partial charge on any atom is 0.129 e. The van der Waals surface area contributed by atoms with E-state index >= 15 is 0 Å². The minimum Gasteiger partial charge on any atom is -0.346 e. The number of pyridine rings is 1. The van der Waals surface area contributed by atoms with Gasteiger partial charge in [-0.1, -0.05) is 6.07 Å². The lowest BCUT2D eigenvalue weighted by atomic mass is 10.0. The Labute approximate surface area is 95.5 Å². The molecule has 0 amide bonds. The molecule has 1 aliphatic heterocycles. The quantitative estimate of drug-likeness (QED) is 0.791. The predicted octanol–water partition coefficient (Wildman–Crippen LogP) is 1.73. The normalized spacial score (nSPS) is 20.1. The molecule has 0 bridgehead atoms. The van der Waals surface area contributed by atoms with E-state index in [1.807, 2.05) is 24.4 Å². The Hall–Kier alpha value is -1.68. The maximum atomic E-state index is 7.85. The van der Waals surface area contributed by atoms with Gasteiger partial charge in [0.25, 0.3) is 0 Å². The molecule has 84 valence electrons. The molecule has 4 nitrogen and oxygen atoms in total. The summed E-state index contributed by atoms with van der Waals surface area (Å²) in [5, 5.41) is 11.0. The number of likely N-dealkylation sites (N-methyl/N-ethyl adjacent to an activating group) is 1. The van der Waals surface area contributed by atoms with Crippen molar-refractivity contribution in [2.45, 2.75) is 6.42 Å². The highest BCUT2D eigenvalue weighted by atomic mass is 15.1. The molecule has 2 rings (SSSR count). The van der Waals surface area contributed by atoms with Crippen LogP contribution in [0.1, 0.15) is 6.42 Å². The van der Waals surface area contributed by atoms with Crippen molar-refractivity contribution >= 4 is 11.5 Å². The van der Waals surface area contributed by atoms with Crippen molar-refractivity contribution in [1.82, 2.24) is 9.88 Å². The first-order chi connectivity index (χ1) is 7.75. The van der Waals surface area contributed by atoms with Gasteiger partial charge in [0, 0.05) is 43.2 Å². The van der Waals surface area contributed by atoms with Crippen LogP contribution in [-0.2, 0) is 0 Å². The summed E-state index contributed by atoms with van der Waals surface area (Å²) >= 11 is 0. The van der Waals surface area contributed by atoms with Gasteiger partial charge in [-0.15, -0.1) is 0 Å². The molecular weight excluding hydrogens is 200 g/mol. The van der Waals surface area contributed by atoms with Crippen LogP contribution < -0.4 is 5.32 Å². The number of anilines is 1. The summed E-state index contributed by atoms with van der Waals surface area (Å²) < 4.78 is 0. The zero-order chi connectivity index (χ0) is 11.4. The maximum absolute atomic E-state index is 7.85. The number of nitrogens with zero attached hydrogens (tertiary/aromatic N) is 2. The second kappa shape index (κ2) is 4.90. The molecule has 1 aliphatic rings. The lowest BCUT2D eigenvalue weighted by molar-refractivity contribution is 0.364. The van der Waals surface area contributed by atoms with Crippen LogP contribution in [0.5, 0.6) is 0 Å². The Morgan fingerprint density at radius 3 is 3.12 bits per heavy atom. The van der Waals surface area contributed by atoms with Gasteiger partial charge in [0.05, 0.1) is 0 Å². The fourth-order valence-electron chi connectivity index (χ4n) is 1.67. The Balaban J connectivity index is 2.03. The Kier molecular flexibility index (Phi) is 3.31. The van der Waals surface area contributed by atoms with Crippen molar-refractivity contribution in [2.24, 2.45) is 0 Å². The first kappa shape index (κ1) is 10.8. The first-order valence-corrected chi connectivity index (χ1v) is 5.38. The van der Waals surface area contributed by atoms with Crippen LogP contribution in [0, 0.1) is 5.41 Å². The fraction of sp³-hybridized carbons (Fsp3) is 0.333. The number of piperidine rings is 1. The monoisotopic (exact) mass is 216 g/mol. The second-order valence-electron chi connectivity index (χ2n) is 4.00. The minimum atomic E-state index is 0.724. The van der Waals surface area contributed by atoms with Crippen LogP contribution in [0.4, 0.5) is 5.82 Å². The predicted molar refractivity (Wildman–Crippen MR) is 65.8 cm³/mol. The Morgan fingerprint density at radius 2 is 2.38 bits per heavy atom. The van der Waals surface area contributed by atoms with Gasteiger partial charge >= 0.3 is 0 Å². The van der Waals surface area contributed by atoms with E-state index in [9.17, 15) is 0 Å². The summed E-state index contributed by atoms with van der Waals surface area (Å²) in [4.78, 5) is 6.38. The van der Waals surface area contributed by atoms with Crippen molar-refractivity contribution in [3.8, 4) is 0 Å². The van der Waals surface area contributed by atoms with E-state index in [0.717, 1.165) is 36.6 Å². The second-order valence-corrected chi connectivity index (χ2v) is 4.00. The topological polar surface area (TPSA) is 52.0 Å². The molecule has 4 heteroatoms. The van der Waals surface area contributed by atoms with Crippen molar-refractivity contribution in [1.29, 1.82) is 5.41 Å². The van der Waals surface area contributed by atoms with Gasteiger partial charge in [0.2, 0.25) is 0 Å². The van der Waals surface area contributed by atoms with Gasteiger partial charge in [-0.3, -0.25) is 0 Å². The number of rotatable bonds is 2. The van der Waals surface area contributed by atoms with E-state index in [1.54, 1.807) is 6.20 Å². The third-order valence-corrected chi connectivity index (χ3v) is 2.63. The molecule has 16 heavy (non-hydrogen) atoms. The van der Waals surface area contributed by atoms with Gasteiger partial charge in [-0.05, 0) is 19.2 Å². The molecule has 0 spiro atoms. The third-order valence-electron chi connectivity index (χ3n) is 2.63. The van der Waals surface area contributed by atoms with E-state index in [-0.39, 0.29) is 0 Å². The zero-order valence-electron chi connectivity index (χ0n) is 9.40. The van der Waals surface area contributed by atoms with Crippen LogP contribution in [0.2, 0.25) is 0 Å². The standard InChI is InChI=1S/C12H16N4/c1-16-7-5-11(13)10(9-16)8-15-12-4-2-3-6-14-12/h2-4,6,8,13H,5,7,9H2,1H3,(H,14,15)/b10-8-,13-11?. The first-order valence-electron chi connectivity index (χ1n) is 5.38. The molecule has 2 heterocycles. The van der Waals surface area contributed by atoms with E-state index in [1.165, 1.54) is 0 Å². The van der Waals surface area contributed by atoms with Crippen molar-refractivity contribution < 1.29 is 0 Å². The van der Waals surface area contributed by atoms with E-state index in [2.05, 4.69) is 22.2 Å². The third kappa shape index (κ3) is 2.67. The molecule has 1 aromatic heterocycles. The minimum absolute atomic E-state index is 0.724. The van der Waals surface area contributed by atoms with Crippen molar-refractivity contribution in [3.63, 3.8) is 0 Å². The summed E-state index contributed by atoms with van der Waals surface area (Å²) in [7, 11) is 2.07. The average molecular weight is 216 g/mol. The molecule has 0 aromatic carbocycles. The summed E-state index contributed by atoms with van der Waals surface area (Å²) in [5.41, 5.74) is 1.76. The van der Waals surface area contributed by atoms with Gasteiger partial charge in [-0.2, -0.15) is 0 Å². The summed E-state index contributed by atoms with van der Waals surface area (Å²) in [6.07, 6.45) is 4.46. The molecule has 0 saturated carbocycles. The van der Waals surface area contributed by atoms with Crippen molar-refractivity contribution in [3.05, 3.63) is 36.2 Å². The molecule has 0 radical (unpaired) electrons. The Bertz CT molecular complexity index is 397. The molecule has 0 atom stereocenters. The zero-order valence-corrected chi connectivity index (χ0v) is 9.40. The number of nitrogens with one attached hydrogen (secondary N) is 2. The lowest BCUT2D eigenvalue weighted by Crippen LogP contribution is -2.32. The van der Waals surface area contributed by atoms with Crippen LogP contribution in [0.25, 0.3) is 0 Å². The molecule has 0 unspecified atom stereocenters. The summed E-state index contributed by atoms with van der Waals surface area (Å²) in [6, 6.07) is 5.73. The van der Waals surface area contributed by atoms with E-state index < -0.39 is 0 Å². The number of hydrogen-bond donors (Lipinski definition) is 2. The molecule has 1 fully saturated rings. The van der Waals surface area contributed by atoms with E-state index in [4.69, 9.17) is 5.41 Å².